The molecule has 1 aromatic heterocycles. The third kappa shape index (κ3) is 6.04. The fraction of sp³-hybridized carbons (Fsp3) is 0.444. The maximum absolute atomic E-state index is 12.3. The van der Waals surface area contributed by atoms with Gasteiger partial charge in [-0.3, -0.25) is 9.48 Å². The van der Waals surface area contributed by atoms with Crippen molar-refractivity contribution in [2.45, 2.75) is 40.7 Å². The molecule has 0 fully saturated rings. The van der Waals surface area contributed by atoms with Gasteiger partial charge in [-0.05, 0) is 37.0 Å². The summed E-state index contributed by atoms with van der Waals surface area (Å²) in [6.07, 6.45) is 1.01. The molecule has 1 aromatic carbocycles. The number of hydrogen-bond acceptors (Lipinski definition) is 3. The number of nitrogens with zero attached hydrogens (tertiary/aromatic N) is 2. The monoisotopic (exact) mass is 385 g/mol. The zero-order chi connectivity index (χ0) is 19.0. The van der Waals surface area contributed by atoms with Crippen molar-refractivity contribution in [3.8, 4) is 0 Å². The first-order chi connectivity index (χ1) is 11.8. The Hall–Kier alpha value is -1.53. The summed E-state index contributed by atoms with van der Waals surface area (Å²) in [4.78, 5) is 12.3. The fourth-order valence-electron chi connectivity index (χ4n) is 2.31. The molecular formula is C18H25ClFN3OS. The van der Waals surface area contributed by atoms with E-state index in [0.29, 0.717) is 40.9 Å². The Balaban J connectivity index is 0.000000705. The number of carbonyl (C=O) groups excluding carboxylic acids is 1. The third-order valence-electron chi connectivity index (χ3n) is 3.73. The Morgan fingerprint density at radius 3 is 2.44 bits per heavy atom. The molecule has 0 unspecified atom stereocenters. The SMILES string of the molecule is CCSF.CCc1ccc(CNC(=O)c2c(Cl)c(C)nn2C)c(C)c1. The second-order valence-electron chi connectivity index (χ2n) is 5.57. The van der Waals surface area contributed by atoms with E-state index in [0.717, 1.165) is 12.0 Å². The quantitative estimate of drug-likeness (QED) is 0.803. The number of hydrogen-bond donors (Lipinski definition) is 1. The predicted octanol–water partition coefficient (Wildman–Crippen LogP) is 4.81. The minimum atomic E-state index is -0.206. The molecule has 1 amide bonds. The summed E-state index contributed by atoms with van der Waals surface area (Å²) in [5, 5.41) is 7.47. The first-order valence-electron chi connectivity index (χ1n) is 8.14. The van der Waals surface area contributed by atoms with Crippen LogP contribution < -0.4 is 5.32 Å². The highest BCUT2D eigenvalue weighted by Gasteiger charge is 2.18. The number of aryl methyl sites for hydroxylation is 4. The van der Waals surface area contributed by atoms with Crippen molar-refractivity contribution in [2.75, 3.05) is 5.75 Å². The number of nitrogens with one attached hydrogen (secondary N) is 1. The first-order valence-corrected chi connectivity index (χ1v) is 9.41. The maximum atomic E-state index is 12.3. The molecule has 0 aliphatic heterocycles. The van der Waals surface area contributed by atoms with Crippen molar-refractivity contribution in [1.29, 1.82) is 0 Å². The fourth-order valence-corrected chi connectivity index (χ4v) is 2.56. The van der Waals surface area contributed by atoms with Crippen LogP contribution in [-0.2, 0) is 20.0 Å². The molecule has 4 nitrogen and oxygen atoms in total. The third-order valence-corrected chi connectivity index (χ3v) is 4.40. The number of rotatable bonds is 5. The molecule has 1 N–H and O–H groups in total. The normalized spacial score (nSPS) is 10.2. The minimum absolute atomic E-state index is 0.206. The van der Waals surface area contributed by atoms with Gasteiger partial charge in [0.2, 0.25) is 0 Å². The van der Waals surface area contributed by atoms with Gasteiger partial charge in [-0.1, -0.05) is 43.6 Å². The van der Waals surface area contributed by atoms with E-state index in [1.165, 1.54) is 15.8 Å². The van der Waals surface area contributed by atoms with E-state index in [1.54, 1.807) is 20.9 Å². The molecule has 0 radical (unpaired) electrons. The summed E-state index contributed by atoms with van der Waals surface area (Å²) >= 11 is 6.47. The van der Waals surface area contributed by atoms with Gasteiger partial charge >= 0.3 is 0 Å². The Morgan fingerprint density at radius 2 is 2.00 bits per heavy atom. The lowest BCUT2D eigenvalue weighted by Gasteiger charge is -2.10. The highest BCUT2D eigenvalue weighted by molar-refractivity contribution is 7.94. The lowest BCUT2D eigenvalue weighted by Crippen LogP contribution is -2.25. The van der Waals surface area contributed by atoms with Gasteiger partial charge in [0, 0.05) is 31.5 Å². The predicted molar refractivity (Wildman–Crippen MR) is 104 cm³/mol. The van der Waals surface area contributed by atoms with E-state index in [2.05, 4.69) is 42.5 Å². The Morgan fingerprint density at radius 1 is 1.36 bits per heavy atom. The molecule has 0 aliphatic rings. The van der Waals surface area contributed by atoms with Crippen LogP contribution in [0.5, 0.6) is 0 Å². The van der Waals surface area contributed by atoms with Crippen LogP contribution >= 0.6 is 23.7 Å². The topological polar surface area (TPSA) is 46.9 Å². The molecule has 25 heavy (non-hydrogen) atoms. The van der Waals surface area contributed by atoms with Crippen LogP contribution in [0.4, 0.5) is 3.89 Å². The van der Waals surface area contributed by atoms with E-state index in [1.807, 2.05) is 0 Å². The van der Waals surface area contributed by atoms with Crippen molar-refractivity contribution < 1.29 is 8.68 Å². The first kappa shape index (κ1) is 21.5. The molecule has 0 aliphatic carbocycles. The lowest BCUT2D eigenvalue weighted by molar-refractivity contribution is 0.0941. The van der Waals surface area contributed by atoms with Crippen LogP contribution in [-0.4, -0.2) is 21.4 Å². The molecule has 7 heteroatoms. The second-order valence-corrected chi connectivity index (χ2v) is 6.74. The second kappa shape index (κ2) is 10.5. The summed E-state index contributed by atoms with van der Waals surface area (Å²) in [6.45, 7) is 8.22. The highest BCUT2D eigenvalue weighted by Crippen LogP contribution is 2.19. The molecule has 2 aromatic rings. The molecule has 0 saturated carbocycles. The van der Waals surface area contributed by atoms with Gasteiger partial charge in [0.05, 0.1) is 10.7 Å². The lowest BCUT2D eigenvalue weighted by atomic mass is 10.0. The van der Waals surface area contributed by atoms with Crippen LogP contribution in [0.1, 0.15) is 46.7 Å². The molecule has 0 atom stereocenters. The zero-order valence-electron chi connectivity index (χ0n) is 15.3. The smallest absolute Gasteiger partial charge is 0.271 e. The molecule has 0 spiro atoms. The van der Waals surface area contributed by atoms with Crippen molar-refractivity contribution in [2.24, 2.45) is 7.05 Å². The van der Waals surface area contributed by atoms with E-state index in [9.17, 15) is 8.68 Å². The molecule has 1 heterocycles. The summed E-state index contributed by atoms with van der Waals surface area (Å²) < 4.78 is 12.2. The average Bonchev–Trinajstić information content (AvgIpc) is 2.85. The summed E-state index contributed by atoms with van der Waals surface area (Å²) in [7, 11) is 1.72. The van der Waals surface area contributed by atoms with Crippen molar-refractivity contribution in [3.63, 3.8) is 0 Å². The van der Waals surface area contributed by atoms with Crippen LogP contribution in [0.3, 0.4) is 0 Å². The minimum Gasteiger partial charge on any atom is -0.347 e. The van der Waals surface area contributed by atoms with Gasteiger partial charge in [-0.2, -0.15) is 8.98 Å². The van der Waals surface area contributed by atoms with Crippen LogP contribution in [0, 0.1) is 13.8 Å². The number of amides is 1. The summed E-state index contributed by atoms with van der Waals surface area (Å²) in [6, 6.07) is 6.31. The average molecular weight is 386 g/mol. The Kier molecular flexibility index (Phi) is 9.00. The van der Waals surface area contributed by atoms with E-state index >= 15 is 0 Å². The van der Waals surface area contributed by atoms with Crippen molar-refractivity contribution in [1.82, 2.24) is 15.1 Å². The molecule has 2 rings (SSSR count). The van der Waals surface area contributed by atoms with E-state index in [4.69, 9.17) is 11.6 Å². The van der Waals surface area contributed by atoms with Gasteiger partial charge < -0.3 is 5.32 Å². The highest BCUT2D eigenvalue weighted by atomic mass is 35.5. The maximum Gasteiger partial charge on any atom is 0.271 e. The van der Waals surface area contributed by atoms with Crippen molar-refractivity contribution >= 4 is 29.7 Å². The Bertz CT molecular complexity index is 717. The molecule has 0 saturated heterocycles. The zero-order valence-corrected chi connectivity index (χ0v) is 16.9. The van der Waals surface area contributed by atoms with Gasteiger partial charge in [0.1, 0.15) is 5.69 Å². The van der Waals surface area contributed by atoms with Crippen LogP contribution in [0.2, 0.25) is 5.02 Å². The van der Waals surface area contributed by atoms with Crippen LogP contribution in [0.15, 0.2) is 18.2 Å². The number of halogens is 2. The van der Waals surface area contributed by atoms with Gasteiger partial charge in [0.15, 0.2) is 0 Å². The molecule has 138 valence electrons. The van der Waals surface area contributed by atoms with E-state index < -0.39 is 0 Å². The van der Waals surface area contributed by atoms with Gasteiger partial charge in [-0.25, -0.2) is 0 Å². The Labute approximate surface area is 158 Å². The number of aromatic nitrogens is 2. The summed E-state index contributed by atoms with van der Waals surface area (Å²) in [5.74, 6) is 0.363. The van der Waals surface area contributed by atoms with Gasteiger partial charge in [0.25, 0.3) is 5.91 Å². The molecular weight excluding hydrogens is 361 g/mol. The standard InChI is InChI=1S/C16H20ClN3O.C2H5FS/c1-5-12-6-7-13(10(2)8-12)9-18-16(21)15-14(17)11(3)19-20(15)4;1-2-4-3/h6-8H,5,9H2,1-4H3,(H,18,21);2H2,1H3. The van der Waals surface area contributed by atoms with Crippen molar-refractivity contribution in [3.05, 3.63) is 51.3 Å². The number of benzene rings is 1. The van der Waals surface area contributed by atoms with E-state index in [-0.39, 0.29) is 5.91 Å². The molecule has 0 bridgehead atoms. The van der Waals surface area contributed by atoms with Gasteiger partial charge in [-0.15, -0.1) is 0 Å². The largest absolute Gasteiger partial charge is 0.347 e. The summed E-state index contributed by atoms with van der Waals surface area (Å²) in [5.41, 5.74) is 4.65. The number of carbonyl (C=O) groups is 1. The van der Waals surface area contributed by atoms with Crippen LogP contribution in [0.25, 0.3) is 0 Å².